The van der Waals surface area contributed by atoms with Crippen LogP contribution in [0.2, 0.25) is 0 Å². The first-order valence-electron chi connectivity index (χ1n) is 5.06. The van der Waals surface area contributed by atoms with Crippen LogP contribution in [-0.2, 0) is 4.79 Å². The third-order valence-corrected chi connectivity index (χ3v) is 1.88. The molecule has 0 amide bonds. The van der Waals surface area contributed by atoms with Gasteiger partial charge in [-0.3, -0.25) is 0 Å². The molecule has 0 rings (SSSR count). The Morgan fingerprint density at radius 1 is 1.08 bits per heavy atom. The van der Waals surface area contributed by atoms with E-state index in [4.69, 9.17) is 0 Å². The molecule has 0 spiro atoms. The average Bonchev–Trinajstić information content (AvgIpc) is 2.10. The minimum Gasteiger partial charge on any atom is -0.317 e. The van der Waals surface area contributed by atoms with Gasteiger partial charge in [0.1, 0.15) is 6.29 Å². The highest BCUT2D eigenvalue weighted by Gasteiger charge is 1.88. The van der Waals surface area contributed by atoms with E-state index in [2.05, 4.69) is 12.2 Å². The standard InChI is InChI=1S/C10H21NO/c1-2-3-5-8-11-9-6-4-7-10-12/h10-11H,2-9H2,1H3. The lowest BCUT2D eigenvalue weighted by molar-refractivity contribution is -0.107. The summed E-state index contributed by atoms with van der Waals surface area (Å²) in [6.07, 6.45) is 7.77. The molecule has 0 aliphatic heterocycles. The Kier molecular flexibility index (Phi) is 10.3. The van der Waals surface area contributed by atoms with Crippen LogP contribution in [0.1, 0.15) is 45.4 Å². The monoisotopic (exact) mass is 171 g/mol. The summed E-state index contributed by atoms with van der Waals surface area (Å²) < 4.78 is 0. The molecule has 2 nitrogen and oxygen atoms in total. The van der Waals surface area contributed by atoms with Gasteiger partial charge in [-0.05, 0) is 32.4 Å². The molecule has 0 heterocycles. The average molecular weight is 171 g/mol. The quantitative estimate of drug-likeness (QED) is 0.425. The SMILES string of the molecule is CCCCCNCCCCC=O. The summed E-state index contributed by atoms with van der Waals surface area (Å²) in [5.74, 6) is 0. The van der Waals surface area contributed by atoms with Crippen molar-refractivity contribution in [1.82, 2.24) is 5.32 Å². The summed E-state index contributed by atoms with van der Waals surface area (Å²) >= 11 is 0. The summed E-state index contributed by atoms with van der Waals surface area (Å²) in [7, 11) is 0. The van der Waals surface area contributed by atoms with Gasteiger partial charge >= 0.3 is 0 Å². The van der Waals surface area contributed by atoms with E-state index >= 15 is 0 Å². The molecule has 0 saturated heterocycles. The van der Waals surface area contributed by atoms with Gasteiger partial charge in [0.05, 0.1) is 0 Å². The summed E-state index contributed by atoms with van der Waals surface area (Å²) in [6, 6.07) is 0. The highest BCUT2D eigenvalue weighted by molar-refractivity contribution is 5.48. The van der Waals surface area contributed by atoms with Gasteiger partial charge in [0, 0.05) is 6.42 Å². The number of carbonyl (C=O) groups is 1. The van der Waals surface area contributed by atoms with Crippen LogP contribution in [0.5, 0.6) is 0 Å². The molecular weight excluding hydrogens is 150 g/mol. The van der Waals surface area contributed by atoms with E-state index in [9.17, 15) is 4.79 Å². The topological polar surface area (TPSA) is 29.1 Å². The fourth-order valence-electron chi connectivity index (χ4n) is 1.10. The second-order valence-electron chi connectivity index (χ2n) is 3.12. The van der Waals surface area contributed by atoms with Crippen LogP contribution in [-0.4, -0.2) is 19.4 Å². The molecule has 12 heavy (non-hydrogen) atoms. The van der Waals surface area contributed by atoms with E-state index in [-0.39, 0.29) is 0 Å². The van der Waals surface area contributed by atoms with Crippen molar-refractivity contribution in [3.05, 3.63) is 0 Å². The molecule has 0 aliphatic carbocycles. The van der Waals surface area contributed by atoms with E-state index < -0.39 is 0 Å². The number of hydrogen-bond donors (Lipinski definition) is 1. The van der Waals surface area contributed by atoms with Crippen molar-refractivity contribution in [3.63, 3.8) is 0 Å². The molecule has 1 N–H and O–H groups in total. The Hall–Kier alpha value is -0.370. The van der Waals surface area contributed by atoms with Gasteiger partial charge in [-0.25, -0.2) is 0 Å². The second-order valence-corrected chi connectivity index (χ2v) is 3.12. The first-order chi connectivity index (χ1) is 5.91. The fourth-order valence-corrected chi connectivity index (χ4v) is 1.10. The zero-order valence-electron chi connectivity index (χ0n) is 8.14. The first kappa shape index (κ1) is 11.6. The van der Waals surface area contributed by atoms with Crippen LogP contribution in [0, 0.1) is 0 Å². The Morgan fingerprint density at radius 2 is 1.75 bits per heavy atom. The first-order valence-corrected chi connectivity index (χ1v) is 5.06. The van der Waals surface area contributed by atoms with Gasteiger partial charge < -0.3 is 10.1 Å². The third-order valence-electron chi connectivity index (χ3n) is 1.88. The number of rotatable bonds is 9. The van der Waals surface area contributed by atoms with Gasteiger partial charge in [0.2, 0.25) is 0 Å². The lowest BCUT2D eigenvalue weighted by Crippen LogP contribution is -2.16. The third kappa shape index (κ3) is 9.63. The number of nitrogens with one attached hydrogen (secondary N) is 1. The molecule has 0 aromatic heterocycles. The zero-order valence-corrected chi connectivity index (χ0v) is 8.14. The van der Waals surface area contributed by atoms with Gasteiger partial charge in [0.25, 0.3) is 0 Å². The van der Waals surface area contributed by atoms with Crippen LogP contribution in [0.3, 0.4) is 0 Å². The summed E-state index contributed by atoms with van der Waals surface area (Å²) in [5, 5.41) is 3.36. The Morgan fingerprint density at radius 3 is 2.33 bits per heavy atom. The molecule has 0 bridgehead atoms. The van der Waals surface area contributed by atoms with Gasteiger partial charge in [-0.2, -0.15) is 0 Å². The Balaban J connectivity index is 2.77. The van der Waals surface area contributed by atoms with Crippen LogP contribution in [0.25, 0.3) is 0 Å². The molecule has 0 atom stereocenters. The molecule has 0 aliphatic rings. The molecule has 0 aromatic carbocycles. The van der Waals surface area contributed by atoms with Gasteiger partial charge in [-0.15, -0.1) is 0 Å². The molecule has 0 saturated carbocycles. The van der Waals surface area contributed by atoms with E-state index in [0.717, 1.165) is 38.6 Å². The van der Waals surface area contributed by atoms with Crippen molar-refractivity contribution in [1.29, 1.82) is 0 Å². The zero-order chi connectivity index (χ0) is 9.07. The van der Waals surface area contributed by atoms with Crippen LogP contribution in [0.15, 0.2) is 0 Å². The van der Waals surface area contributed by atoms with E-state index in [1.54, 1.807) is 0 Å². The summed E-state index contributed by atoms with van der Waals surface area (Å²) in [4.78, 5) is 9.96. The van der Waals surface area contributed by atoms with Gasteiger partial charge in [-0.1, -0.05) is 19.8 Å². The molecule has 2 heteroatoms. The maximum atomic E-state index is 9.96. The van der Waals surface area contributed by atoms with Crippen molar-refractivity contribution >= 4 is 6.29 Å². The predicted molar refractivity (Wildman–Crippen MR) is 52.3 cm³/mol. The molecular formula is C10H21NO. The summed E-state index contributed by atoms with van der Waals surface area (Å²) in [5.41, 5.74) is 0. The maximum absolute atomic E-state index is 9.96. The van der Waals surface area contributed by atoms with E-state index in [1.165, 1.54) is 19.3 Å². The van der Waals surface area contributed by atoms with E-state index in [0.29, 0.717) is 0 Å². The van der Waals surface area contributed by atoms with Crippen molar-refractivity contribution in [3.8, 4) is 0 Å². The van der Waals surface area contributed by atoms with Crippen molar-refractivity contribution in [2.75, 3.05) is 13.1 Å². The minimum absolute atomic E-state index is 0.719. The lowest BCUT2D eigenvalue weighted by Gasteiger charge is -2.02. The number of carbonyl (C=O) groups excluding carboxylic acids is 1. The highest BCUT2D eigenvalue weighted by Crippen LogP contribution is 1.93. The van der Waals surface area contributed by atoms with Crippen LogP contribution < -0.4 is 5.32 Å². The maximum Gasteiger partial charge on any atom is 0.119 e. The molecule has 0 fully saturated rings. The number of aldehydes is 1. The number of hydrogen-bond acceptors (Lipinski definition) is 2. The largest absolute Gasteiger partial charge is 0.317 e. The fraction of sp³-hybridized carbons (Fsp3) is 0.900. The molecule has 0 radical (unpaired) electrons. The predicted octanol–water partition coefficient (Wildman–Crippen LogP) is 2.14. The molecule has 72 valence electrons. The Bertz CT molecular complexity index is 93.8. The van der Waals surface area contributed by atoms with Crippen molar-refractivity contribution in [2.24, 2.45) is 0 Å². The van der Waals surface area contributed by atoms with Crippen molar-refractivity contribution < 1.29 is 4.79 Å². The van der Waals surface area contributed by atoms with Crippen molar-refractivity contribution in [2.45, 2.75) is 45.4 Å². The normalized spacial score (nSPS) is 10.1. The minimum atomic E-state index is 0.719. The smallest absolute Gasteiger partial charge is 0.119 e. The molecule has 0 unspecified atom stereocenters. The van der Waals surface area contributed by atoms with Crippen LogP contribution in [0.4, 0.5) is 0 Å². The second kappa shape index (κ2) is 10.6. The number of unbranched alkanes of at least 4 members (excludes halogenated alkanes) is 4. The van der Waals surface area contributed by atoms with Crippen LogP contribution >= 0.6 is 0 Å². The lowest BCUT2D eigenvalue weighted by atomic mass is 10.2. The molecule has 0 aromatic rings. The highest BCUT2D eigenvalue weighted by atomic mass is 16.1. The Labute approximate surface area is 75.7 Å². The summed E-state index contributed by atoms with van der Waals surface area (Å²) in [6.45, 7) is 4.41. The van der Waals surface area contributed by atoms with Gasteiger partial charge in [0.15, 0.2) is 0 Å². The van der Waals surface area contributed by atoms with E-state index in [1.807, 2.05) is 0 Å².